The Balaban J connectivity index is 1.91. The smallest absolute Gasteiger partial charge is 0.326 e. The number of carbonyl (C=O) groups excluding carboxylic acids is 18. The van der Waals surface area contributed by atoms with Crippen molar-refractivity contribution < 1.29 is 126 Å². The predicted molar refractivity (Wildman–Crippen MR) is 422 cm³/mol. The minimum absolute atomic E-state index is 0.0127. The van der Waals surface area contributed by atoms with E-state index in [0.717, 1.165) is 15.4 Å². The third-order valence-corrected chi connectivity index (χ3v) is 20.1. The van der Waals surface area contributed by atoms with Crippen LogP contribution in [0.2, 0.25) is 0 Å². The molecular weight excluding hydrogens is 1600 g/mol. The average molecular weight is 1710 g/mol. The molecule has 46 nitrogen and oxygen atoms in total. The van der Waals surface area contributed by atoms with E-state index in [9.17, 15) is 126 Å². The first-order chi connectivity index (χ1) is 56.7. The minimum atomic E-state index is -2.15. The molecule has 2 saturated heterocycles. The molecule has 0 unspecified atom stereocenters. The summed E-state index contributed by atoms with van der Waals surface area (Å²) in [4.78, 5) is 297. The van der Waals surface area contributed by atoms with E-state index in [4.69, 9.17) is 34.4 Å². The maximum atomic E-state index is 14.7. The maximum Gasteiger partial charge on any atom is 0.326 e. The van der Waals surface area contributed by atoms with Gasteiger partial charge in [0.25, 0.3) is 0 Å². The van der Waals surface area contributed by atoms with Gasteiger partial charge in [-0.1, -0.05) is 84.7 Å². The van der Waals surface area contributed by atoms with Gasteiger partial charge < -0.3 is 128 Å². The summed E-state index contributed by atoms with van der Waals surface area (Å²) >= 11 is 0. The Morgan fingerprint density at radius 3 is 1.21 bits per heavy atom. The molecule has 0 saturated carbocycles. The lowest BCUT2D eigenvalue weighted by Crippen LogP contribution is -2.62. The van der Waals surface area contributed by atoms with Crippen LogP contribution in [0.1, 0.15) is 170 Å². The largest absolute Gasteiger partial charge is 0.481 e. The van der Waals surface area contributed by atoms with Crippen molar-refractivity contribution >= 4 is 130 Å². The van der Waals surface area contributed by atoms with Gasteiger partial charge in [-0.05, 0) is 101 Å². The third kappa shape index (κ3) is 34.4. The number of nitrogens with two attached hydrogens (primary N) is 6. The number of nitrogens with zero attached hydrogens (tertiary/aromatic N) is 2. The molecule has 1 aromatic rings. The first-order valence-corrected chi connectivity index (χ1v) is 39.5. The van der Waals surface area contributed by atoms with Crippen LogP contribution in [0.15, 0.2) is 30.3 Å². The number of carboxylic acid groups (broad SMARTS) is 4. The van der Waals surface area contributed by atoms with Crippen LogP contribution in [0.3, 0.4) is 0 Å². The average Bonchev–Trinajstić information content (AvgIpc) is 1.77. The first kappa shape index (κ1) is 103. The van der Waals surface area contributed by atoms with Gasteiger partial charge >= 0.3 is 23.9 Å². The number of nitrogens with one attached hydrogen (secondary N) is 12. The number of amides is 18. The number of primary amides is 4. The normalized spacial score (nSPS) is 17.3. The van der Waals surface area contributed by atoms with E-state index in [1.807, 2.05) is 0 Å². The highest BCUT2D eigenvalue weighted by atomic mass is 16.4. The lowest BCUT2D eigenvalue weighted by molar-refractivity contribution is -0.150. The van der Waals surface area contributed by atoms with Crippen LogP contribution >= 0.6 is 0 Å². The summed E-state index contributed by atoms with van der Waals surface area (Å²) in [6, 6.07) is -16.6. The molecule has 18 amide bonds. The van der Waals surface area contributed by atoms with E-state index in [-0.39, 0.29) is 77.4 Å². The molecule has 0 aromatic heterocycles. The lowest BCUT2D eigenvalue weighted by atomic mass is 9.94. The van der Waals surface area contributed by atoms with Gasteiger partial charge in [-0.25, -0.2) is 4.79 Å². The molecule has 0 aliphatic carbocycles. The second-order valence-corrected chi connectivity index (χ2v) is 30.1. The fourth-order valence-electron chi connectivity index (χ4n) is 13.0. The van der Waals surface area contributed by atoms with Gasteiger partial charge in [0.05, 0.1) is 38.1 Å². The van der Waals surface area contributed by atoms with Gasteiger partial charge in [0, 0.05) is 25.9 Å². The van der Waals surface area contributed by atoms with Crippen molar-refractivity contribution in [1.29, 1.82) is 0 Å². The van der Waals surface area contributed by atoms with Crippen LogP contribution in [0.25, 0.3) is 0 Å². The van der Waals surface area contributed by atoms with Gasteiger partial charge in [0.15, 0.2) is 0 Å². The summed E-state index contributed by atoms with van der Waals surface area (Å²) in [6.07, 6.45) is -7.44. The van der Waals surface area contributed by atoms with Crippen molar-refractivity contribution in [3.8, 4) is 0 Å². The summed E-state index contributed by atoms with van der Waals surface area (Å²) < 4.78 is 0. The second-order valence-electron chi connectivity index (χ2n) is 30.1. The molecule has 2 fully saturated rings. The van der Waals surface area contributed by atoms with E-state index in [1.165, 1.54) is 20.8 Å². The van der Waals surface area contributed by atoms with E-state index in [2.05, 4.69) is 63.8 Å². The van der Waals surface area contributed by atoms with Gasteiger partial charge in [-0.15, -0.1) is 0 Å². The Morgan fingerprint density at radius 1 is 0.397 bits per heavy atom. The van der Waals surface area contributed by atoms with Crippen molar-refractivity contribution in [3.63, 3.8) is 0 Å². The fraction of sp³-hybridized carbons (Fsp3) is 0.627. The van der Waals surface area contributed by atoms with Crippen molar-refractivity contribution in [2.45, 2.75) is 261 Å². The zero-order valence-corrected chi connectivity index (χ0v) is 68.5. The van der Waals surface area contributed by atoms with Gasteiger partial charge in [-0.2, -0.15) is 0 Å². The molecule has 28 N–H and O–H groups in total. The molecule has 2 aliphatic heterocycles. The maximum absolute atomic E-state index is 14.7. The van der Waals surface area contributed by atoms with Crippen LogP contribution in [0, 0.1) is 17.8 Å². The van der Waals surface area contributed by atoms with Crippen molar-refractivity contribution in [1.82, 2.24) is 73.6 Å². The summed E-state index contributed by atoms with van der Waals surface area (Å²) in [7, 11) is 0. The highest BCUT2D eigenvalue weighted by molar-refractivity contribution is 6.03. The third-order valence-electron chi connectivity index (χ3n) is 20.1. The molecule has 2 heterocycles. The standard InChI is InChI=1S/C75H116N20O26/c1-8-36(5)59(71(116)89-47(34-57(104)105)67(112)87-44(30-51(78)96)66(111)90-48(33-54(81)99)74(119)95-28-16-21-50(95)75(120)121)93-72(117)60(37(6)9-2)92-68(113)46(32-53(80)98)86-64(109)41(22-24-55(100)101)83-65(110)45(31-52(79)97)88-69(114)49-20-15-27-94(49)73(118)43(19-13-14-26-76)85-63(108)42(23-25-56(102)103)84-70(115)58(35(3)4)91-61(106)38(7)82-62(107)40(77)29-39-17-11-10-12-18-39/h10-12,17-18,35-38,40-50,58-60H,8-9,13-16,19-34,76-77H2,1-7H3,(H2,78,96)(H2,79,97)(H2,80,98)(H2,81,99)(H,82,107)(H,83,110)(H,84,115)(H,85,108)(H,86,109)(H,87,112)(H,88,114)(H,89,116)(H,90,111)(H,91,106)(H,92,113)(H,93,117)(H,100,101)(H,102,103)(H,104,105)(H,120,121)/t36-,37-,38-,40-,41-,42-,43-,44-,45-,46-,47-,48-,49-,50-,58-,59-,60-/m0/s1. The minimum Gasteiger partial charge on any atom is -0.481 e. The zero-order chi connectivity index (χ0) is 91.4. The van der Waals surface area contributed by atoms with Crippen molar-refractivity contribution in [2.24, 2.45) is 52.2 Å². The fourth-order valence-corrected chi connectivity index (χ4v) is 13.0. The van der Waals surface area contributed by atoms with E-state index in [0.29, 0.717) is 6.42 Å². The molecule has 46 heteroatoms. The predicted octanol–water partition coefficient (Wildman–Crippen LogP) is -7.96. The molecule has 3 rings (SSSR count). The van der Waals surface area contributed by atoms with Gasteiger partial charge in [0.2, 0.25) is 106 Å². The van der Waals surface area contributed by atoms with Crippen LogP contribution in [0.4, 0.5) is 0 Å². The number of benzene rings is 1. The van der Waals surface area contributed by atoms with Gasteiger partial charge in [-0.3, -0.25) is 101 Å². The van der Waals surface area contributed by atoms with E-state index >= 15 is 0 Å². The Kier molecular flexibility index (Phi) is 42.8. The number of unbranched alkanes of at least 4 members (excludes halogenated alkanes) is 1. The molecule has 2 aliphatic rings. The molecule has 0 bridgehead atoms. The summed E-state index contributed by atoms with van der Waals surface area (Å²) in [5, 5.41) is 67.1. The summed E-state index contributed by atoms with van der Waals surface area (Å²) in [6.45, 7) is 10.3. The van der Waals surface area contributed by atoms with Gasteiger partial charge in [0.1, 0.15) is 84.6 Å². The Labute approximate surface area is 695 Å². The SMILES string of the molecule is CC[C@H](C)[C@H](NC(=O)[C@H](CC(N)=O)NC(=O)[C@H](CCC(=O)O)NC(=O)[C@H](CC(N)=O)NC(=O)[C@@H]1CCCN1C(=O)[C@H](CCCCN)NC(=O)[C@H](CCC(=O)O)NC(=O)[C@@H](NC(=O)[C@H](C)NC(=O)[C@@H](N)Cc1ccccc1)C(C)C)C(=O)N[C@H](C(=O)N[C@@H](CC(=O)O)C(=O)N[C@@H](CC(N)=O)C(=O)N[C@@H](CC(N)=O)C(=O)N1CCC[C@H]1C(=O)O)[C@@H](C)CC. The highest BCUT2D eigenvalue weighted by Gasteiger charge is 2.44. The number of hydrogen-bond donors (Lipinski definition) is 22. The quantitative estimate of drug-likeness (QED) is 0.0269. The summed E-state index contributed by atoms with van der Waals surface area (Å²) in [5.74, 6) is -29.5. The molecule has 1 aromatic carbocycles. The Hall–Kier alpha value is -12.5. The van der Waals surface area contributed by atoms with Crippen LogP contribution in [-0.4, -0.2) is 271 Å². The zero-order valence-electron chi connectivity index (χ0n) is 68.5. The monoisotopic (exact) mass is 1710 g/mol. The summed E-state index contributed by atoms with van der Waals surface area (Å²) in [5.41, 5.74) is 34.4. The number of carbonyl (C=O) groups is 22. The van der Waals surface area contributed by atoms with E-state index in [1.54, 1.807) is 58.0 Å². The highest BCUT2D eigenvalue weighted by Crippen LogP contribution is 2.23. The molecule has 672 valence electrons. The van der Waals surface area contributed by atoms with Crippen LogP contribution in [-0.2, 0) is 112 Å². The number of likely N-dealkylation sites (tertiary alicyclic amines) is 2. The molecule has 0 radical (unpaired) electrons. The second kappa shape index (κ2) is 50.4. The Morgan fingerprint density at radius 2 is 0.760 bits per heavy atom. The molecule has 121 heavy (non-hydrogen) atoms. The van der Waals surface area contributed by atoms with Crippen molar-refractivity contribution in [3.05, 3.63) is 35.9 Å². The first-order valence-electron chi connectivity index (χ1n) is 39.5. The van der Waals surface area contributed by atoms with Crippen LogP contribution in [0.5, 0.6) is 0 Å². The van der Waals surface area contributed by atoms with Crippen molar-refractivity contribution in [2.75, 3.05) is 19.6 Å². The number of rotatable bonds is 54. The number of carboxylic acids is 4. The number of hydrogen-bond acceptors (Lipinski definition) is 24. The topological polar surface area (TPSA) is 763 Å². The lowest BCUT2D eigenvalue weighted by Gasteiger charge is -2.31. The number of aliphatic carboxylic acids is 4. The van der Waals surface area contributed by atoms with E-state index < -0.39 is 296 Å². The Bertz CT molecular complexity index is 3930. The molecular formula is C75H116N20O26. The van der Waals surface area contributed by atoms with Crippen LogP contribution < -0.4 is 98.2 Å². The molecule has 0 spiro atoms. The molecule has 17 atom stereocenters.